The Hall–Kier alpha value is -1.25. The molecule has 14 heavy (non-hydrogen) atoms. The zero-order valence-corrected chi connectivity index (χ0v) is 8.12. The summed E-state index contributed by atoms with van der Waals surface area (Å²) in [4.78, 5) is 2.17. The molecule has 1 saturated heterocycles. The Morgan fingerprint density at radius 3 is 2.86 bits per heavy atom. The van der Waals surface area contributed by atoms with Gasteiger partial charge in [-0.25, -0.2) is 0 Å². The lowest BCUT2D eigenvalue weighted by Crippen LogP contribution is -2.21. The van der Waals surface area contributed by atoms with E-state index in [1.54, 1.807) is 0 Å². The van der Waals surface area contributed by atoms with Crippen molar-refractivity contribution in [1.29, 1.82) is 0 Å². The second-order valence-corrected chi connectivity index (χ2v) is 3.81. The van der Waals surface area contributed by atoms with E-state index >= 15 is 0 Å². The molecule has 0 saturated carbocycles. The molecule has 0 unspecified atom stereocenters. The van der Waals surface area contributed by atoms with Crippen LogP contribution in [-0.4, -0.2) is 19.8 Å². The van der Waals surface area contributed by atoms with Gasteiger partial charge in [-0.05, 0) is 18.6 Å². The largest absolute Gasteiger partial charge is 0.397 e. The van der Waals surface area contributed by atoms with Gasteiger partial charge in [0.1, 0.15) is 0 Å². The van der Waals surface area contributed by atoms with Crippen molar-refractivity contribution in [3.8, 4) is 0 Å². The van der Waals surface area contributed by atoms with Gasteiger partial charge in [0.15, 0.2) is 0 Å². The van der Waals surface area contributed by atoms with E-state index in [4.69, 9.17) is 5.73 Å². The molecule has 76 valence electrons. The van der Waals surface area contributed by atoms with Crippen LogP contribution in [0.2, 0.25) is 0 Å². The highest BCUT2D eigenvalue weighted by Gasteiger charge is 2.23. The number of nitrogen functional groups attached to an aromatic ring is 1. The fourth-order valence-electron chi connectivity index (χ4n) is 1.95. The summed E-state index contributed by atoms with van der Waals surface area (Å²) in [6, 6.07) is 7.77. The van der Waals surface area contributed by atoms with Gasteiger partial charge in [-0.15, -0.1) is 0 Å². The second kappa shape index (κ2) is 3.86. The van der Waals surface area contributed by atoms with Crippen LogP contribution in [0.25, 0.3) is 0 Å². The molecule has 1 aromatic carbocycles. The van der Waals surface area contributed by atoms with E-state index in [1.807, 2.05) is 24.3 Å². The number of rotatable bonds is 2. The van der Waals surface area contributed by atoms with Gasteiger partial charge >= 0.3 is 0 Å². The summed E-state index contributed by atoms with van der Waals surface area (Å²) in [6.07, 6.45) is 0.935. The first-order valence-corrected chi connectivity index (χ1v) is 4.96. The van der Waals surface area contributed by atoms with Crippen LogP contribution in [0, 0.1) is 5.92 Å². The predicted octanol–water partition coefficient (Wildman–Crippen LogP) is 2.06. The first-order valence-electron chi connectivity index (χ1n) is 4.96. The van der Waals surface area contributed by atoms with Gasteiger partial charge in [0, 0.05) is 19.0 Å². The zero-order valence-electron chi connectivity index (χ0n) is 8.12. The van der Waals surface area contributed by atoms with Crippen LogP contribution in [0.1, 0.15) is 6.42 Å². The molecular weight excluding hydrogens is 179 g/mol. The van der Waals surface area contributed by atoms with Crippen LogP contribution >= 0.6 is 0 Å². The minimum Gasteiger partial charge on any atom is -0.397 e. The molecule has 3 heteroatoms. The van der Waals surface area contributed by atoms with E-state index in [1.165, 1.54) is 0 Å². The number of para-hydroxylation sites is 2. The Kier molecular flexibility index (Phi) is 2.57. The SMILES string of the molecule is Nc1ccccc1N1CC[C@@H](CF)C1. The number of halogens is 1. The standard InChI is InChI=1S/C11H15FN2/c12-7-9-5-6-14(8-9)11-4-2-1-3-10(11)13/h1-4,9H,5-8,13H2/t9-/m0/s1. The van der Waals surface area contributed by atoms with Crippen molar-refractivity contribution in [1.82, 2.24) is 0 Å². The Labute approximate surface area is 83.5 Å². The quantitative estimate of drug-likeness (QED) is 0.730. The maximum atomic E-state index is 12.4. The minimum atomic E-state index is -0.219. The highest BCUT2D eigenvalue weighted by atomic mass is 19.1. The predicted molar refractivity (Wildman–Crippen MR) is 57.1 cm³/mol. The van der Waals surface area contributed by atoms with Crippen molar-refractivity contribution < 1.29 is 4.39 Å². The summed E-state index contributed by atoms with van der Waals surface area (Å²) < 4.78 is 12.4. The third-order valence-corrected chi connectivity index (χ3v) is 2.78. The van der Waals surface area contributed by atoms with Gasteiger partial charge in [0.25, 0.3) is 0 Å². The summed E-state index contributed by atoms with van der Waals surface area (Å²) in [5, 5.41) is 0. The molecule has 1 fully saturated rings. The van der Waals surface area contributed by atoms with Gasteiger partial charge in [0.05, 0.1) is 18.0 Å². The lowest BCUT2D eigenvalue weighted by atomic mass is 10.1. The molecule has 1 aliphatic heterocycles. The smallest absolute Gasteiger partial charge is 0.0940 e. The highest BCUT2D eigenvalue weighted by Crippen LogP contribution is 2.28. The van der Waals surface area contributed by atoms with Crippen molar-refractivity contribution in [2.45, 2.75) is 6.42 Å². The van der Waals surface area contributed by atoms with Crippen LogP contribution in [0.15, 0.2) is 24.3 Å². The molecule has 1 atom stereocenters. The fraction of sp³-hybridized carbons (Fsp3) is 0.455. The Balaban J connectivity index is 2.13. The molecule has 2 N–H and O–H groups in total. The fourth-order valence-corrected chi connectivity index (χ4v) is 1.95. The van der Waals surface area contributed by atoms with Crippen molar-refractivity contribution in [3.05, 3.63) is 24.3 Å². The molecule has 2 nitrogen and oxygen atoms in total. The van der Waals surface area contributed by atoms with Gasteiger partial charge in [-0.1, -0.05) is 12.1 Å². The van der Waals surface area contributed by atoms with E-state index in [2.05, 4.69) is 4.90 Å². The third kappa shape index (κ3) is 1.67. The lowest BCUT2D eigenvalue weighted by molar-refractivity contribution is 0.385. The van der Waals surface area contributed by atoms with Crippen LogP contribution in [0.4, 0.5) is 15.8 Å². The molecule has 0 aliphatic carbocycles. The van der Waals surface area contributed by atoms with Crippen LogP contribution in [0.5, 0.6) is 0 Å². The van der Waals surface area contributed by atoms with E-state index in [0.29, 0.717) is 0 Å². The highest BCUT2D eigenvalue weighted by molar-refractivity contribution is 5.67. The normalized spacial score (nSPS) is 21.5. The number of alkyl halides is 1. The first-order chi connectivity index (χ1) is 6.81. The molecule has 1 aliphatic rings. The van der Waals surface area contributed by atoms with Gasteiger partial charge in [-0.2, -0.15) is 0 Å². The Morgan fingerprint density at radius 2 is 2.21 bits per heavy atom. The van der Waals surface area contributed by atoms with Gasteiger partial charge in [0.2, 0.25) is 0 Å². The first kappa shape index (κ1) is 9.31. The summed E-state index contributed by atoms with van der Waals surface area (Å²) in [5.74, 6) is 0.189. The van der Waals surface area contributed by atoms with Crippen molar-refractivity contribution in [2.75, 3.05) is 30.4 Å². The Bertz CT molecular complexity index is 314. The van der Waals surface area contributed by atoms with Crippen molar-refractivity contribution >= 4 is 11.4 Å². The van der Waals surface area contributed by atoms with E-state index in [0.717, 1.165) is 30.9 Å². The van der Waals surface area contributed by atoms with Gasteiger partial charge < -0.3 is 10.6 Å². The van der Waals surface area contributed by atoms with Gasteiger partial charge in [-0.3, -0.25) is 4.39 Å². The molecule has 2 rings (SSSR count). The number of nitrogens with two attached hydrogens (primary N) is 1. The summed E-state index contributed by atoms with van der Waals surface area (Å²) in [7, 11) is 0. The molecule has 1 aromatic rings. The molecular formula is C11H15FN2. The molecule has 0 aromatic heterocycles. The minimum absolute atomic E-state index is 0.189. The maximum absolute atomic E-state index is 12.4. The maximum Gasteiger partial charge on any atom is 0.0940 e. The number of hydrogen-bond donors (Lipinski definition) is 1. The van der Waals surface area contributed by atoms with E-state index < -0.39 is 0 Å². The topological polar surface area (TPSA) is 29.3 Å². The second-order valence-electron chi connectivity index (χ2n) is 3.81. The Morgan fingerprint density at radius 1 is 1.43 bits per heavy atom. The molecule has 0 spiro atoms. The van der Waals surface area contributed by atoms with Crippen LogP contribution in [-0.2, 0) is 0 Å². The zero-order chi connectivity index (χ0) is 9.97. The van der Waals surface area contributed by atoms with Crippen molar-refractivity contribution in [3.63, 3.8) is 0 Å². The van der Waals surface area contributed by atoms with Crippen LogP contribution < -0.4 is 10.6 Å². The molecule has 1 heterocycles. The van der Waals surface area contributed by atoms with Crippen LogP contribution in [0.3, 0.4) is 0 Å². The number of nitrogens with zero attached hydrogens (tertiary/aromatic N) is 1. The summed E-state index contributed by atoms with van der Waals surface area (Å²) in [5.41, 5.74) is 7.68. The molecule has 0 radical (unpaired) electrons. The number of anilines is 2. The van der Waals surface area contributed by atoms with E-state index in [-0.39, 0.29) is 12.6 Å². The van der Waals surface area contributed by atoms with E-state index in [9.17, 15) is 4.39 Å². The van der Waals surface area contributed by atoms with Crippen molar-refractivity contribution in [2.24, 2.45) is 5.92 Å². The number of hydrogen-bond acceptors (Lipinski definition) is 2. The molecule has 0 bridgehead atoms. The summed E-state index contributed by atoms with van der Waals surface area (Å²) in [6.45, 7) is 1.50. The lowest BCUT2D eigenvalue weighted by Gasteiger charge is -2.19. The number of benzene rings is 1. The molecule has 0 amide bonds. The average Bonchev–Trinajstić information content (AvgIpc) is 2.67. The average molecular weight is 194 g/mol. The monoisotopic (exact) mass is 194 g/mol. The summed E-state index contributed by atoms with van der Waals surface area (Å²) >= 11 is 0. The third-order valence-electron chi connectivity index (χ3n) is 2.78.